The van der Waals surface area contributed by atoms with E-state index in [0.29, 0.717) is 28.0 Å². The number of hydrogen-bond donors (Lipinski definition) is 1. The molecule has 4 nitrogen and oxygen atoms in total. The molecule has 1 heterocycles. The number of halogens is 2. The predicted octanol–water partition coefficient (Wildman–Crippen LogP) is 2.73. The van der Waals surface area contributed by atoms with Gasteiger partial charge in [-0.1, -0.05) is 29.3 Å². The summed E-state index contributed by atoms with van der Waals surface area (Å²) < 4.78 is 1.91. The quantitative estimate of drug-likeness (QED) is 0.933. The van der Waals surface area contributed by atoms with Gasteiger partial charge >= 0.3 is 0 Å². The maximum absolute atomic E-state index is 6.15. The van der Waals surface area contributed by atoms with Gasteiger partial charge in [0.15, 0.2) is 5.82 Å². The molecule has 0 spiro atoms. The molecular formula is C11H12Cl2N4. The molecule has 2 rings (SSSR count). The summed E-state index contributed by atoms with van der Waals surface area (Å²) in [5.41, 5.74) is 6.30. The molecule has 0 atom stereocenters. The van der Waals surface area contributed by atoms with Crippen molar-refractivity contribution in [3.05, 3.63) is 34.1 Å². The first-order valence-electron chi connectivity index (χ1n) is 5.25. The van der Waals surface area contributed by atoms with Crippen LogP contribution in [-0.2, 0) is 13.1 Å². The van der Waals surface area contributed by atoms with Gasteiger partial charge in [-0.25, -0.2) is 0 Å². The molecule has 0 bridgehead atoms. The van der Waals surface area contributed by atoms with Crippen LogP contribution in [0.2, 0.25) is 10.0 Å². The van der Waals surface area contributed by atoms with Crippen LogP contribution in [0.1, 0.15) is 12.7 Å². The first-order valence-corrected chi connectivity index (χ1v) is 6.01. The fraction of sp³-hybridized carbons (Fsp3) is 0.273. The largest absolute Gasteiger partial charge is 0.324 e. The Labute approximate surface area is 109 Å². The van der Waals surface area contributed by atoms with Gasteiger partial charge in [0.2, 0.25) is 0 Å². The van der Waals surface area contributed by atoms with Crippen molar-refractivity contribution in [2.75, 3.05) is 0 Å². The Balaban J connectivity index is 2.64. The van der Waals surface area contributed by atoms with Gasteiger partial charge in [0.25, 0.3) is 0 Å². The van der Waals surface area contributed by atoms with Crippen LogP contribution in [0.5, 0.6) is 0 Å². The molecule has 0 amide bonds. The molecule has 0 aliphatic rings. The molecule has 0 saturated heterocycles. The van der Waals surface area contributed by atoms with E-state index in [1.54, 1.807) is 18.2 Å². The minimum atomic E-state index is 0.336. The van der Waals surface area contributed by atoms with Crippen molar-refractivity contribution in [3.8, 4) is 11.4 Å². The Kier molecular flexibility index (Phi) is 3.66. The highest BCUT2D eigenvalue weighted by atomic mass is 35.5. The van der Waals surface area contributed by atoms with Crippen molar-refractivity contribution in [2.24, 2.45) is 5.73 Å². The second-order valence-corrected chi connectivity index (χ2v) is 4.30. The molecule has 2 aromatic rings. The Morgan fingerprint density at radius 3 is 2.41 bits per heavy atom. The Morgan fingerprint density at radius 2 is 1.88 bits per heavy atom. The molecule has 6 heteroatoms. The first-order chi connectivity index (χ1) is 8.19. The van der Waals surface area contributed by atoms with E-state index in [4.69, 9.17) is 28.9 Å². The SMILES string of the molecule is CCn1c(CN)nnc1-c1c(Cl)cccc1Cl. The summed E-state index contributed by atoms with van der Waals surface area (Å²) in [4.78, 5) is 0. The van der Waals surface area contributed by atoms with Gasteiger partial charge in [-0.3, -0.25) is 0 Å². The van der Waals surface area contributed by atoms with Crippen LogP contribution in [0.25, 0.3) is 11.4 Å². The van der Waals surface area contributed by atoms with Gasteiger partial charge in [-0.2, -0.15) is 0 Å². The molecule has 90 valence electrons. The number of rotatable bonds is 3. The number of nitrogens with two attached hydrogens (primary N) is 1. The molecular weight excluding hydrogens is 259 g/mol. The number of hydrogen-bond acceptors (Lipinski definition) is 3. The second-order valence-electron chi connectivity index (χ2n) is 3.48. The number of benzene rings is 1. The zero-order chi connectivity index (χ0) is 12.4. The van der Waals surface area contributed by atoms with Crippen molar-refractivity contribution in [1.29, 1.82) is 0 Å². The van der Waals surface area contributed by atoms with Crippen LogP contribution in [-0.4, -0.2) is 14.8 Å². The fourth-order valence-corrected chi connectivity index (χ4v) is 2.28. The van der Waals surface area contributed by atoms with Crippen LogP contribution in [0, 0.1) is 0 Å². The molecule has 2 N–H and O–H groups in total. The third kappa shape index (κ3) is 2.16. The van der Waals surface area contributed by atoms with Gasteiger partial charge in [0.1, 0.15) is 5.82 Å². The Morgan fingerprint density at radius 1 is 1.24 bits per heavy atom. The van der Waals surface area contributed by atoms with Crippen molar-refractivity contribution >= 4 is 23.2 Å². The molecule has 17 heavy (non-hydrogen) atoms. The van der Waals surface area contributed by atoms with E-state index in [9.17, 15) is 0 Å². The van der Waals surface area contributed by atoms with Crippen LogP contribution < -0.4 is 5.73 Å². The smallest absolute Gasteiger partial charge is 0.167 e. The van der Waals surface area contributed by atoms with Crippen LogP contribution in [0.4, 0.5) is 0 Å². The third-order valence-corrected chi connectivity index (χ3v) is 3.14. The third-order valence-electron chi connectivity index (χ3n) is 2.51. The average Bonchev–Trinajstić information content (AvgIpc) is 2.71. The van der Waals surface area contributed by atoms with E-state index < -0.39 is 0 Å². The normalized spacial score (nSPS) is 10.8. The van der Waals surface area contributed by atoms with Gasteiger partial charge in [0, 0.05) is 6.54 Å². The zero-order valence-electron chi connectivity index (χ0n) is 9.32. The fourth-order valence-electron chi connectivity index (χ4n) is 1.71. The first kappa shape index (κ1) is 12.4. The van der Waals surface area contributed by atoms with Crippen molar-refractivity contribution in [2.45, 2.75) is 20.0 Å². The van der Waals surface area contributed by atoms with Gasteiger partial charge < -0.3 is 10.3 Å². The van der Waals surface area contributed by atoms with Crippen LogP contribution >= 0.6 is 23.2 Å². The maximum Gasteiger partial charge on any atom is 0.167 e. The summed E-state index contributed by atoms with van der Waals surface area (Å²) in [6.07, 6.45) is 0. The molecule has 0 aliphatic carbocycles. The minimum Gasteiger partial charge on any atom is -0.324 e. The van der Waals surface area contributed by atoms with Crippen molar-refractivity contribution < 1.29 is 0 Å². The van der Waals surface area contributed by atoms with Gasteiger partial charge in [-0.15, -0.1) is 10.2 Å². The highest BCUT2D eigenvalue weighted by Crippen LogP contribution is 2.33. The number of aromatic nitrogens is 3. The lowest BCUT2D eigenvalue weighted by atomic mass is 10.2. The Bertz CT molecular complexity index is 516. The van der Waals surface area contributed by atoms with E-state index in [2.05, 4.69) is 10.2 Å². The van der Waals surface area contributed by atoms with Crippen LogP contribution in [0.3, 0.4) is 0 Å². The number of nitrogens with zero attached hydrogens (tertiary/aromatic N) is 3. The van der Waals surface area contributed by atoms with Gasteiger partial charge in [0.05, 0.1) is 22.2 Å². The van der Waals surface area contributed by atoms with E-state index in [1.165, 1.54) is 0 Å². The molecule has 0 aliphatic heterocycles. The standard InChI is InChI=1S/C11H12Cl2N4/c1-2-17-9(6-14)15-16-11(17)10-7(12)4-3-5-8(10)13/h3-5H,2,6,14H2,1H3. The minimum absolute atomic E-state index is 0.336. The van der Waals surface area contributed by atoms with Gasteiger partial charge in [-0.05, 0) is 19.1 Å². The van der Waals surface area contributed by atoms with E-state index >= 15 is 0 Å². The summed E-state index contributed by atoms with van der Waals surface area (Å²) >= 11 is 12.3. The van der Waals surface area contributed by atoms with Crippen molar-refractivity contribution in [3.63, 3.8) is 0 Å². The van der Waals surface area contributed by atoms with Crippen molar-refractivity contribution in [1.82, 2.24) is 14.8 Å². The lowest BCUT2D eigenvalue weighted by Gasteiger charge is -2.09. The molecule has 0 fully saturated rings. The summed E-state index contributed by atoms with van der Waals surface area (Å²) in [6.45, 7) is 3.05. The summed E-state index contributed by atoms with van der Waals surface area (Å²) in [7, 11) is 0. The van der Waals surface area contributed by atoms with E-state index in [-0.39, 0.29) is 0 Å². The average molecular weight is 271 g/mol. The Hall–Kier alpha value is -1.10. The molecule has 0 radical (unpaired) electrons. The lowest BCUT2D eigenvalue weighted by molar-refractivity contribution is 0.704. The second kappa shape index (κ2) is 5.04. The predicted molar refractivity (Wildman–Crippen MR) is 69.0 cm³/mol. The van der Waals surface area contributed by atoms with E-state index in [1.807, 2.05) is 11.5 Å². The summed E-state index contributed by atoms with van der Waals surface area (Å²) in [6, 6.07) is 5.35. The topological polar surface area (TPSA) is 56.7 Å². The zero-order valence-corrected chi connectivity index (χ0v) is 10.8. The van der Waals surface area contributed by atoms with Crippen LogP contribution in [0.15, 0.2) is 18.2 Å². The highest BCUT2D eigenvalue weighted by Gasteiger charge is 2.16. The monoisotopic (exact) mass is 270 g/mol. The lowest BCUT2D eigenvalue weighted by Crippen LogP contribution is -2.08. The van der Waals surface area contributed by atoms with E-state index in [0.717, 1.165) is 12.4 Å². The highest BCUT2D eigenvalue weighted by molar-refractivity contribution is 6.38. The molecule has 0 saturated carbocycles. The molecule has 1 aromatic carbocycles. The summed E-state index contributed by atoms with van der Waals surface area (Å²) in [5.74, 6) is 1.38. The summed E-state index contributed by atoms with van der Waals surface area (Å²) in [5, 5.41) is 9.27. The maximum atomic E-state index is 6.15. The molecule has 1 aromatic heterocycles. The molecule has 0 unspecified atom stereocenters.